The van der Waals surface area contributed by atoms with E-state index in [0.29, 0.717) is 22.8 Å². The summed E-state index contributed by atoms with van der Waals surface area (Å²) in [6.45, 7) is 5.51. The fourth-order valence-corrected chi connectivity index (χ4v) is 3.33. The number of rotatable bonds is 6. The van der Waals surface area contributed by atoms with E-state index in [1.54, 1.807) is 12.4 Å². The minimum atomic E-state index is -0.0206. The first-order valence-corrected chi connectivity index (χ1v) is 9.48. The lowest BCUT2D eigenvalue weighted by molar-refractivity contribution is 0.0929. The third-order valence-corrected chi connectivity index (χ3v) is 5.17. The largest absolute Gasteiger partial charge is 0.380 e. The van der Waals surface area contributed by atoms with Crippen LogP contribution in [0.4, 0.5) is 5.69 Å². The maximum absolute atomic E-state index is 12.5. The number of carbonyl (C=O) groups excluding carboxylic acids is 1. The first-order chi connectivity index (χ1) is 13.2. The molecular weight excluding hydrogens is 340 g/mol. The van der Waals surface area contributed by atoms with Crippen molar-refractivity contribution < 1.29 is 9.53 Å². The van der Waals surface area contributed by atoms with E-state index < -0.39 is 0 Å². The normalized spacial score (nSPS) is 17.9. The summed E-state index contributed by atoms with van der Waals surface area (Å²) >= 11 is 0. The van der Waals surface area contributed by atoms with Gasteiger partial charge in [-0.3, -0.25) is 4.79 Å². The molecular formula is C21H24N4O2. The number of nitrogens with zero attached hydrogens (tertiary/aromatic N) is 2. The van der Waals surface area contributed by atoms with Crippen LogP contribution in [0.5, 0.6) is 0 Å². The highest BCUT2D eigenvalue weighted by atomic mass is 16.5. The summed E-state index contributed by atoms with van der Waals surface area (Å²) in [7, 11) is 0. The van der Waals surface area contributed by atoms with E-state index in [-0.39, 0.29) is 11.7 Å². The molecule has 3 heterocycles. The van der Waals surface area contributed by atoms with Gasteiger partial charge in [0.15, 0.2) is 11.4 Å². The molecule has 1 saturated heterocycles. The van der Waals surface area contributed by atoms with E-state index >= 15 is 0 Å². The van der Waals surface area contributed by atoms with Gasteiger partial charge in [-0.15, -0.1) is 0 Å². The zero-order chi connectivity index (χ0) is 18.8. The van der Waals surface area contributed by atoms with Crippen LogP contribution in [0.15, 0.2) is 36.7 Å². The van der Waals surface area contributed by atoms with Crippen LogP contribution >= 0.6 is 0 Å². The van der Waals surface area contributed by atoms with Crippen molar-refractivity contribution in [1.82, 2.24) is 15.0 Å². The van der Waals surface area contributed by atoms with Crippen molar-refractivity contribution in [3.05, 3.63) is 42.2 Å². The zero-order valence-corrected chi connectivity index (χ0v) is 15.7. The number of hydrogen-bond donors (Lipinski definition) is 2. The highest BCUT2D eigenvalue weighted by Crippen LogP contribution is 2.25. The van der Waals surface area contributed by atoms with E-state index in [1.165, 1.54) is 0 Å². The molecule has 0 saturated carbocycles. The lowest BCUT2D eigenvalue weighted by Gasteiger charge is -2.13. The van der Waals surface area contributed by atoms with Gasteiger partial charge in [-0.05, 0) is 25.0 Å². The van der Waals surface area contributed by atoms with Gasteiger partial charge in [-0.25, -0.2) is 9.97 Å². The van der Waals surface area contributed by atoms with Crippen molar-refractivity contribution in [3.63, 3.8) is 0 Å². The molecule has 1 aliphatic rings. The van der Waals surface area contributed by atoms with Crippen LogP contribution in [-0.2, 0) is 4.74 Å². The lowest BCUT2D eigenvalue weighted by atomic mass is 9.99. The lowest BCUT2D eigenvalue weighted by Crippen LogP contribution is -2.18. The van der Waals surface area contributed by atoms with E-state index in [1.807, 2.05) is 32.0 Å². The van der Waals surface area contributed by atoms with Gasteiger partial charge in [0.25, 0.3) is 0 Å². The molecule has 1 aliphatic heterocycles. The molecule has 2 unspecified atom stereocenters. The summed E-state index contributed by atoms with van der Waals surface area (Å²) in [5, 5.41) is 3.50. The highest BCUT2D eigenvalue weighted by molar-refractivity contribution is 6.06. The molecule has 1 aromatic carbocycles. The minimum Gasteiger partial charge on any atom is -0.380 e. The number of nitrogens with one attached hydrogen (secondary N) is 2. The van der Waals surface area contributed by atoms with Crippen LogP contribution in [-0.4, -0.2) is 40.0 Å². The number of aromatic amines is 1. The molecule has 2 aromatic heterocycles. The second kappa shape index (κ2) is 7.48. The van der Waals surface area contributed by atoms with Crippen molar-refractivity contribution >= 4 is 22.6 Å². The molecule has 140 valence electrons. The number of anilines is 1. The van der Waals surface area contributed by atoms with Gasteiger partial charge < -0.3 is 15.0 Å². The zero-order valence-electron chi connectivity index (χ0n) is 15.7. The summed E-state index contributed by atoms with van der Waals surface area (Å²) in [5.74, 6) is 0.0866. The van der Waals surface area contributed by atoms with Gasteiger partial charge in [0.2, 0.25) is 0 Å². The maximum Gasteiger partial charge on any atom is 0.169 e. The van der Waals surface area contributed by atoms with Gasteiger partial charge in [0.05, 0.1) is 30.1 Å². The van der Waals surface area contributed by atoms with Crippen LogP contribution in [0, 0.1) is 5.92 Å². The van der Waals surface area contributed by atoms with Crippen LogP contribution in [0.1, 0.15) is 37.0 Å². The Hall–Kier alpha value is -2.73. The van der Waals surface area contributed by atoms with Gasteiger partial charge in [0, 0.05) is 30.0 Å². The minimum absolute atomic E-state index is 0.0206. The third-order valence-electron chi connectivity index (χ3n) is 5.17. The van der Waals surface area contributed by atoms with Gasteiger partial charge in [-0.1, -0.05) is 26.0 Å². The van der Waals surface area contributed by atoms with E-state index in [2.05, 4.69) is 26.3 Å². The monoisotopic (exact) mass is 364 g/mol. The fraction of sp³-hybridized carbons (Fsp3) is 0.381. The summed E-state index contributed by atoms with van der Waals surface area (Å²) in [6.07, 6.45) is 5.29. The summed E-state index contributed by atoms with van der Waals surface area (Å²) < 4.78 is 5.42. The second-order valence-electron chi connectivity index (χ2n) is 7.11. The second-order valence-corrected chi connectivity index (χ2v) is 7.11. The highest BCUT2D eigenvalue weighted by Gasteiger charge is 2.19. The number of aromatic nitrogens is 3. The summed E-state index contributed by atoms with van der Waals surface area (Å²) in [6, 6.07) is 8.49. The average molecular weight is 364 g/mol. The molecule has 0 spiro atoms. The SMILES string of the molecule is CCC(C)C(=O)c1c[nH]c2nc(-c3cccc(NC4CCOC4)c3)cnc12. The molecule has 4 rings (SSSR count). The van der Waals surface area contributed by atoms with Gasteiger partial charge >= 0.3 is 0 Å². The number of fused-ring (bicyclic) bond motifs is 1. The van der Waals surface area contributed by atoms with Gasteiger partial charge in [-0.2, -0.15) is 0 Å². The number of carbonyl (C=O) groups is 1. The molecule has 2 N–H and O–H groups in total. The molecule has 3 aromatic rings. The van der Waals surface area contributed by atoms with Crippen molar-refractivity contribution in [2.75, 3.05) is 18.5 Å². The van der Waals surface area contributed by atoms with Crippen LogP contribution in [0.2, 0.25) is 0 Å². The first-order valence-electron chi connectivity index (χ1n) is 9.48. The summed E-state index contributed by atoms with van der Waals surface area (Å²) in [4.78, 5) is 24.8. The Labute approximate surface area is 158 Å². The molecule has 0 bridgehead atoms. The third kappa shape index (κ3) is 3.57. The van der Waals surface area contributed by atoms with Crippen molar-refractivity contribution in [2.45, 2.75) is 32.7 Å². The van der Waals surface area contributed by atoms with Gasteiger partial charge in [0.1, 0.15) is 5.52 Å². The number of Topliss-reactive ketones (excluding diaryl/α,β-unsaturated/α-hetero) is 1. The Balaban J connectivity index is 1.62. The molecule has 6 heteroatoms. The number of H-pyrrole nitrogens is 1. The predicted octanol–water partition coefficient (Wildman–Crippen LogP) is 4.05. The number of ether oxygens (including phenoxy) is 1. The quantitative estimate of drug-likeness (QED) is 0.645. The number of hydrogen-bond acceptors (Lipinski definition) is 5. The molecule has 0 aliphatic carbocycles. The molecule has 0 radical (unpaired) electrons. The van der Waals surface area contributed by atoms with Crippen LogP contribution in [0.3, 0.4) is 0 Å². The van der Waals surface area contributed by atoms with Crippen LogP contribution < -0.4 is 5.32 Å². The Morgan fingerprint density at radius 1 is 1.44 bits per heavy atom. The van der Waals surface area contributed by atoms with E-state index in [4.69, 9.17) is 4.74 Å². The molecule has 1 fully saturated rings. The first kappa shape index (κ1) is 17.7. The standard InChI is InChI=1S/C21H24N4O2/c1-3-13(2)20(26)17-10-23-21-19(17)22-11-18(25-21)14-5-4-6-15(9-14)24-16-7-8-27-12-16/h4-6,9-11,13,16,24H,3,7-8,12H2,1-2H3,(H,23,25). The Morgan fingerprint density at radius 2 is 2.33 bits per heavy atom. The molecule has 2 atom stereocenters. The van der Waals surface area contributed by atoms with Crippen molar-refractivity contribution in [3.8, 4) is 11.3 Å². The number of ketones is 1. The molecule has 27 heavy (non-hydrogen) atoms. The average Bonchev–Trinajstić information content (AvgIpc) is 3.36. The fourth-order valence-electron chi connectivity index (χ4n) is 3.33. The van der Waals surface area contributed by atoms with E-state index in [9.17, 15) is 4.79 Å². The smallest absolute Gasteiger partial charge is 0.169 e. The molecule has 6 nitrogen and oxygen atoms in total. The predicted molar refractivity (Wildman–Crippen MR) is 106 cm³/mol. The molecule has 0 amide bonds. The Kier molecular flexibility index (Phi) is 4.90. The van der Waals surface area contributed by atoms with Crippen molar-refractivity contribution in [2.24, 2.45) is 5.92 Å². The topological polar surface area (TPSA) is 79.9 Å². The maximum atomic E-state index is 12.5. The van der Waals surface area contributed by atoms with Crippen molar-refractivity contribution in [1.29, 1.82) is 0 Å². The van der Waals surface area contributed by atoms with Crippen LogP contribution in [0.25, 0.3) is 22.4 Å². The number of benzene rings is 1. The Bertz CT molecular complexity index is 960. The van der Waals surface area contributed by atoms with E-state index in [0.717, 1.165) is 43.0 Å². The Morgan fingerprint density at radius 3 is 3.11 bits per heavy atom. The summed E-state index contributed by atoms with van der Waals surface area (Å²) in [5.41, 5.74) is 4.71.